The van der Waals surface area contributed by atoms with Gasteiger partial charge in [0.25, 0.3) is 5.91 Å². The number of aromatic nitrogens is 2. The SMILES string of the molecule is CCn1cc(NC(=O)[C@H]2[C@@H]3CC[C@@H](C3)[C@@H]2C(=O)O)c(C(=O)NC2CCCCC2)n1. The van der Waals surface area contributed by atoms with Crippen molar-refractivity contribution >= 4 is 23.5 Å². The number of rotatable bonds is 6. The van der Waals surface area contributed by atoms with Gasteiger partial charge in [-0.3, -0.25) is 19.1 Å². The maximum Gasteiger partial charge on any atom is 0.307 e. The summed E-state index contributed by atoms with van der Waals surface area (Å²) >= 11 is 0. The lowest BCUT2D eigenvalue weighted by Crippen LogP contribution is -2.39. The number of nitrogens with one attached hydrogen (secondary N) is 2. The van der Waals surface area contributed by atoms with Gasteiger partial charge in [0.2, 0.25) is 5.91 Å². The number of carboxylic acid groups (broad SMARTS) is 1. The monoisotopic (exact) mass is 402 g/mol. The van der Waals surface area contributed by atoms with Crippen molar-refractivity contribution in [2.24, 2.45) is 23.7 Å². The lowest BCUT2D eigenvalue weighted by molar-refractivity contribution is -0.148. The Morgan fingerprint density at radius 1 is 1.10 bits per heavy atom. The van der Waals surface area contributed by atoms with Crippen LogP contribution in [0.15, 0.2) is 6.20 Å². The van der Waals surface area contributed by atoms with Gasteiger partial charge in [0.15, 0.2) is 5.69 Å². The van der Waals surface area contributed by atoms with E-state index in [0.29, 0.717) is 12.2 Å². The van der Waals surface area contributed by atoms with Crippen molar-refractivity contribution in [3.05, 3.63) is 11.9 Å². The standard InChI is InChI=1S/C21H30N4O4/c1-2-25-11-15(18(24-25)20(27)22-14-6-4-3-5-7-14)23-19(26)16-12-8-9-13(10-12)17(16)21(28)29/h11-14,16-17H,2-10H2,1H3,(H,22,27)(H,23,26)(H,28,29)/t12-,13+,16+,17+/m1/s1. The second-order valence-corrected chi connectivity index (χ2v) is 8.77. The molecule has 1 aromatic heterocycles. The Bertz CT molecular complexity index is 799. The molecule has 3 fully saturated rings. The van der Waals surface area contributed by atoms with Crippen LogP contribution in [0.3, 0.4) is 0 Å². The molecule has 4 atom stereocenters. The van der Waals surface area contributed by atoms with Crippen molar-refractivity contribution in [3.63, 3.8) is 0 Å². The normalized spacial score (nSPS) is 29.0. The molecule has 0 spiro atoms. The van der Waals surface area contributed by atoms with Crippen molar-refractivity contribution < 1.29 is 19.5 Å². The fraction of sp³-hybridized carbons (Fsp3) is 0.714. The molecule has 1 heterocycles. The quantitative estimate of drug-likeness (QED) is 0.677. The lowest BCUT2D eigenvalue weighted by atomic mass is 9.78. The van der Waals surface area contributed by atoms with E-state index in [1.165, 1.54) is 6.42 Å². The number of aryl methyl sites for hydroxylation is 1. The van der Waals surface area contributed by atoms with Gasteiger partial charge in [-0.2, -0.15) is 5.10 Å². The summed E-state index contributed by atoms with van der Waals surface area (Å²) in [6.07, 6.45) is 9.60. The molecule has 2 bridgehead atoms. The molecule has 3 saturated carbocycles. The number of fused-ring (bicyclic) bond motifs is 2. The van der Waals surface area contributed by atoms with Crippen LogP contribution >= 0.6 is 0 Å². The first kappa shape index (κ1) is 19.9. The molecule has 29 heavy (non-hydrogen) atoms. The van der Waals surface area contributed by atoms with E-state index in [1.807, 2.05) is 6.92 Å². The zero-order chi connectivity index (χ0) is 20.5. The summed E-state index contributed by atoms with van der Waals surface area (Å²) in [5, 5.41) is 19.9. The molecule has 0 saturated heterocycles. The first-order chi connectivity index (χ1) is 14.0. The Balaban J connectivity index is 1.50. The summed E-state index contributed by atoms with van der Waals surface area (Å²) < 4.78 is 1.63. The van der Waals surface area contributed by atoms with E-state index in [9.17, 15) is 19.5 Å². The number of hydrogen-bond donors (Lipinski definition) is 3. The van der Waals surface area contributed by atoms with Crippen LogP contribution in [0.25, 0.3) is 0 Å². The highest BCUT2D eigenvalue weighted by molar-refractivity contribution is 6.03. The van der Waals surface area contributed by atoms with Crippen LogP contribution in [0.1, 0.15) is 68.8 Å². The minimum Gasteiger partial charge on any atom is -0.481 e. The van der Waals surface area contributed by atoms with Gasteiger partial charge in [0.1, 0.15) is 0 Å². The first-order valence-corrected chi connectivity index (χ1v) is 10.9. The highest BCUT2D eigenvalue weighted by atomic mass is 16.4. The largest absolute Gasteiger partial charge is 0.481 e. The van der Waals surface area contributed by atoms with E-state index < -0.39 is 17.8 Å². The van der Waals surface area contributed by atoms with Crippen LogP contribution in [0, 0.1) is 23.7 Å². The van der Waals surface area contributed by atoms with Crippen LogP contribution < -0.4 is 10.6 Å². The average Bonchev–Trinajstić information content (AvgIpc) is 3.42. The van der Waals surface area contributed by atoms with Gasteiger partial charge in [-0.1, -0.05) is 19.3 Å². The number of nitrogens with zero attached hydrogens (tertiary/aromatic N) is 2. The summed E-state index contributed by atoms with van der Waals surface area (Å²) in [5.74, 6) is -2.44. The number of anilines is 1. The topological polar surface area (TPSA) is 113 Å². The van der Waals surface area contributed by atoms with E-state index in [4.69, 9.17) is 0 Å². The fourth-order valence-electron chi connectivity index (χ4n) is 5.58. The van der Waals surface area contributed by atoms with Crippen molar-refractivity contribution in [1.29, 1.82) is 0 Å². The second kappa shape index (κ2) is 8.16. The fourth-order valence-corrected chi connectivity index (χ4v) is 5.58. The molecular formula is C21H30N4O4. The van der Waals surface area contributed by atoms with Gasteiger partial charge in [0, 0.05) is 18.8 Å². The maximum atomic E-state index is 13.0. The summed E-state index contributed by atoms with van der Waals surface area (Å²) in [4.78, 5) is 37.6. The molecule has 1 aromatic rings. The molecule has 158 valence electrons. The van der Waals surface area contributed by atoms with Crippen molar-refractivity contribution in [2.75, 3.05) is 5.32 Å². The molecule has 0 radical (unpaired) electrons. The van der Waals surface area contributed by atoms with Gasteiger partial charge in [-0.15, -0.1) is 0 Å². The van der Waals surface area contributed by atoms with Gasteiger partial charge in [-0.25, -0.2) is 0 Å². The maximum absolute atomic E-state index is 13.0. The third-order valence-corrected chi connectivity index (χ3v) is 7.00. The number of aliphatic carboxylic acids is 1. The Kier molecular flexibility index (Phi) is 5.61. The van der Waals surface area contributed by atoms with Crippen LogP contribution in [0.4, 0.5) is 5.69 Å². The zero-order valence-corrected chi connectivity index (χ0v) is 16.9. The smallest absolute Gasteiger partial charge is 0.307 e. The van der Waals surface area contributed by atoms with Gasteiger partial charge >= 0.3 is 5.97 Å². The van der Waals surface area contributed by atoms with E-state index in [1.54, 1.807) is 10.9 Å². The molecule has 8 heteroatoms. The van der Waals surface area contributed by atoms with Crippen LogP contribution in [-0.2, 0) is 16.1 Å². The summed E-state index contributed by atoms with van der Waals surface area (Å²) in [5.41, 5.74) is 0.581. The first-order valence-electron chi connectivity index (χ1n) is 10.9. The highest BCUT2D eigenvalue weighted by Gasteiger charge is 2.54. The highest BCUT2D eigenvalue weighted by Crippen LogP contribution is 2.52. The van der Waals surface area contributed by atoms with Gasteiger partial charge < -0.3 is 15.7 Å². The van der Waals surface area contributed by atoms with Crippen molar-refractivity contribution in [2.45, 2.75) is 70.9 Å². The van der Waals surface area contributed by atoms with E-state index in [2.05, 4.69) is 15.7 Å². The summed E-state index contributed by atoms with van der Waals surface area (Å²) in [7, 11) is 0. The molecule has 8 nitrogen and oxygen atoms in total. The molecule has 3 aliphatic carbocycles. The molecule has 3 aliphatic rings. The predicted octanol–water partition coefficient (Wildman–Crippen LogP) is 2.65. The van der Waals surface area contributed by atoms with Crippen LogP contribution in [-0.4, -0.2) is 38.7 Å². The van der Waals surface area contributed by atoms with Crippen LogP contribution in [0.2, 0.25) is 0 Å². The molecular weight excluding hydrogens is 372 g/mol. The lowest BCUT2D eigenvalue weighted by Gasteiger charge is -2.27. The zero-order valence-electron chi connectivity index (χ0n) is 16.9. The molecule has 0 unspecified atom stereocenters. The Labute approximate surface area is 170 Å². The number of carbonyl (C=O) groups is 3. The summed E-state index contributed by atoms with van der Waals surface area (Å²) in [6, 6.07) is 0.147. The molecule has 0 aliphatic heterocycles. The number of carboxylic acids is 1. The minimum absolute atomic E-state index is 0.0840. The number of amides is 2. The Morgan fingerprint density at radius 2 is 1.79 bits per heavy atom. The van der Waals surface area contributed by atoms with Crippen molar-refractivity contribution in [1.82, 2.24) is 15.1 Å². The molecule has 4 rings (SSSR count). The van der Waals surface area contributed by atoms with Crippen LogP contribution in [0.5, 0.6) is 0 Å². The third kappa shape index (κ3) is 3.89. The molecule has 3 N–H and O–H groups in total. The molecule has 2 amide bonds. The van der Waals surface area contributed by atoms with Gasteiger partial charge in [-0.05, 0) is 50.9 Å². The van der Waals surface area contributed by atoms with Crippen molar-refractivity contribution in [3.8, 4) is 0 Å². The third-order valence-electron chi connectivity index (χ3n) is 7.00. The molecule has 0 aromatic carbocycles. The second-order valence-electron chi connectivity index (χ2n) is 8.77. The Morgan fingerprint density at radius 3 is 2.45 bits per heavy atom. The summed E-state index contributed by atoms with van der Waals surface area (Å²) in [6.45, 7) is 2.49. The minimum atomic E-state index is -0.892. The average molecular weight is 402 g/mol. The van der Waals surface area contributed by atoms with E-state index in [0.717, 1.165) is 44.9 Å². The number of carbonyl (C=O) groups excluding carboxylic acids is 2. The number of hydrogen-bond acceptors (Lipinski definition) is 4. The van der Waals surface area contributed by atoms with Gasteiger partial charge in [0.05, 0.1) is 17.5 Å². The van der Waals surface area contributed by atoms with E-state index >= 15 is 0 Å². The predicted molar refractivity (Wildman–Crippen MR) is 106 cm³/mol. The Hall–Kier alpha value is -2.38. The van der Waals surface area contributed by atoms with E-state index in [-0.39, 0.29) is 35.4 Å².